The fourth-order valence-corrected chi connectivity index (χ4v) is 6.81. The second-order valence-electron chi connectivity index (χ2n) is 11.1. The van der Waals surface area contributed by atoms with Gasteiger partial charge in [-0.15, -0.1) is 13.2 Å². The average molecular weight is 493 g/mol. The summed E-state index contributed by atoms with van der Waals surface area (Å²) < 4.78 is 63.9. The maximum absolute atomic E-state index is 15.5. The minimum absolute atomic E-state index is 0.129. The van der Waals surface area contributed by atoms with E-state index < -0.39 is 17.6 Å². The van der Waals surface area contributed by atoms with Crippen LogP contribution < -0.4 is 0 Å². The fraction of sp³-hybridized carbons (Fsp3) is 0.667. The van der Waals surface area contributed by atoms with Crippen LogP contribution >= 0.6 is 0 Å². The molecule has 2 saturated carbocycles. The topological polar surface area (TPSA) is 9.23 Å². The number of rotatable bonds is 7. The molecule has 0 radical (unpaired) electrons. The van der Waals surface area contributed by atoms with Crippen LogP contribution in [0.4, 0.5) is 17.6 Å². The maximum Gasteiger partial charge on any atom is 0.419 e. The van der Waals surface area contributed by atoms with Gasteiger partial charge in [-0.1, -0.05) is 37.1 Å². The molecular formula is C30H40F4O. The van der Waals surface area contributed by atoms with E-state index in [-0.39, 0.29) is 29.1 Å². The Labute approximate surface area is 208 Å². The van der Waals surface area contributed by atoms with Crippen LogP contribution in [0.3, 0.4) is 0 Å². The van der Waals surface area contributed by atoms with Gasteiger partial charge in [-0.3, -0.25) is 0 Å². The van der Waals surface area contributed by atoms with E-state index in [0.29, 0.717) is 37.7 Å². The molecule has 5 heteroatoms. The number of allylic oxidation sites excluding steroid dienone is 2. The summed E-state index contributed by atoms with van der Waals surface area (Å²) in [6, 6.07) is 3.16. The van der Waals surface area contributed by atoms with Gasteiger partial charge in [-0.2, -0.15) is 13.2 Å². The monoisotopic (exact) mass is 492 g/mol. The third kappa shape index (κ3) is 6.21. The molecule has 0 aromatic heterocycles. The second-order valence-corrected chi connectivity index (χ2v) is 11.1. The van der Waals surface area contributed by atoms with Crippen molar-refractivity contribution in [3.05, 3.63) is 60.0 Å². The number of alkyl halides is 3. The first-order valence-corrected chi connectivity index (χ1v) is 13.6. The number of benzene rings is 1. The molecule has 1 aromatic carbocycles. The van der Waals surface area contributed by atoms with Crippen molar-refractivity contribution in [3.63, 3.8) is 0 Å². The summed E-state index contributed by atoms with van der Waals surface area (Å²) in [4.78, 5) is 0. The van der Waals surface area contributed by atoms with Gasteiger partial charge in [0.05, 0.1) is 18.3 Å². The van der Waals surface area contributed by atoms with Crippen molar-refractivity contribution < 1.29 is 22.3 Å². The smallest absolute Gasteiger partial charge is 0.377 e. The van der Waals surface area contributed by atoms with Crippen molar-refractivity contribution in [2.75, 3.05) is 6.61 Å². The van der Waals surface area contributed by atoms with Crippen LogP contribution in [0.15, 0.2) is 37.4 Å². The zero-order valence-corrected chi connectivity index (χ0v) is 20.8. The van der Waals surface area contributed by atoms with E-state index in [1.807, 2.05) is 12.2 Å². The van der Waals surface area contributed by atoms with Gasteiger partial charge < -0.3 is 4.74 Å². The summed E-state index contributed by atoms with van der Waals surface area (Å²) in [5.41, 5.74) is -0.742. The Hall–Kier alpha value is -1.62. The molecule has 0 bridgehead atoms. The third-order valence-electron chi connectivity index (χ3n) is 8.98. The minimum atomic E-state index is -4.70. The molecule has 0 N–H and O–H groups in total. The summed E-state index contributed by atoms with van der Waals surface area (Å²) in [7, 11) is 0. The number of ether oxygens (including phenoxy) is 1. The molecule has 4 rings (SSSR count). The van der Waals surface area contributed by atoms with Crippen LogP contribution in [0, 0.1) is 23.6 Å². The molecule has 3 aliphatic rings. The van der Waals surface area contributed by atoms with E-state index >= 15 is 4.39 Å². The molecule has 1 saturated heterocycles. The van der Waals surface area contributed by atoms with Gasteiger partial charge in [0.25, 0.3) is 0 Å². The van der Waals surface area contributed by atoms with Crippen LogP contribution in [0.1, 0.15) is 106 Å². The lowest BCUT2D eigenvalue weighted by Crippen LogP contribution is -2.34. The molecular weight excluding hydrogens is 452 g/mol. The maximum atomic E-state index is 15.5. The number of halogens is 4. The van der Waals surface area contributed by atoms with Crippen LogP contribution in [0.2, 0.25) is 0 Å². The highest BCUT2D eigenvalue weighted by Crippen LogP contribution is 2.46. The highest BCUT2D eigenvalue weighted by Gasteiger charge is 2.41. The highest BCUT2D eigenvalue weighted by atomic mass is 19.4. The fourth-order valence-electron chi connectivity index (χ4n) is 6.81. The predicted octanol–water partition coefficient (Wildman–Crippen LogP) is 9.34. The summed E-state index contributed by atoms with van der Waals surface area (Å²) in [5.74, 6) is -0.0166. The van der Waals surface area contributed by atoms with Crippen molar-refractivity contribution in [2.45, 2.75) is 101 Å². The van der Waals surface area contributed by atoms with Gasteiger partial charge in [0, 0.05) is 5.92 Å². The van der Waals surface area contributed by atoms with E-state index in [2.05, 4.69) is 13.2 Å². The zero-order valence-electron chi connectivity index (χ0n) is 20.8. The SMILES string of the molecule is C=CCCC1CCC(C2CCC(c3ccc(C4CCC(C=C)CC4)c(C(F)(F)F)c3F)CO2)CC1. The van der Waals surface area contributed by atoms with Crippen molar-refractivity contribution >= 4 is 0 Å². The van der Waals surface area contributed by atoms with Gasteiger partial charge >= 0.3 is 6.18 Å². The lowest BCUT2D eigenvalue weighted by atomic mass is 9.75. The van der Waals surface area contributed by atoms with E-state index in [1.54, 1.807) is 12.1 Å². The molecule has 1 aromatic rings. The molecule has 2 aliphatic carbocycles. The molecule has 1 heterocycles. The van der Waals surface area contributed by atoms with Crippen LogP contribution in [0.25, 0.3) is 0 Å². The van der Waals surface area contributed by atoms with Crippen molar-refractivity contribution in [1.82, 2.24) is 0 Å². The standard InChI is InChI=1S/C30H40F4O/c1-3-5-6-21-9-13-23(14-10-21)27-18-15-24(19-35-27)26-17-16-25(28(29(26)31)30(32,33)34)22-11-7-20(4-2)8-12-22/h3-4,16-17,20-24,27H,1-2,5-15,18-19H2. The van der Waals surface area contributed by atoms with E-state index in [0.717, 1.165) is 44.4 Å². The first-order valence-electron chi connectivity index (χ1n) is 13.6. The molecule has 0 amide bonds. The molecule has 1 aliphatic heterocycles. The van der Waals surface area contributed by atoms with E-state index in [9.17, 15) is 13.2 Å². The van der Waals surface area contributed by atoms with Crippen LogP contribution in [-0.4, -0.2) is 12.7 Å². The Morgan fingerprint density at radius 1 is 0.857 bits per heavy atom. The van der Waals surface area contributed by atoms with Gasteiger partial charge in [0.15, 0.2) is 0 Å². The first kappa shape index (κ1) is 26.4. The van der Waals surface area contributed by atoms with Crippen LogP contribution in [-0.2, 0) is 10.9 Å². The van der Waals surface area contributed by atoms with E-state index in [1.165, 1.54) is 19.3 Å². The molecule has 35 heavy (non-hydrogen) atoms. The number of hydrogen-bond acceptors (Lipinski definition) is 1. The summed E-state index contributed by atoms with van der Waals surface area (Å²) in [6.45, 7) is 7.93. The third-order valence-corrected chi connectivity index (χ3v) is 8.98. The van der Waals surface area contributed by atoms with Crippen molar-refractivity contribution in [3.8, 4) is 0 Å². The Kier molecular flexibility index (Phi) is 8.78. The van der Waals surface area contributed by atoms with Crippen molar-refractivity contribution in [2.24, 2.45) is 17.8 Å². The van der Waals surface area contributed by atoms with E-state index in [4.69, 9.17) is 4.74 Å². The van der Waals surface area contributed by atoms with Gasteiger partial charge in [0.2, 0.25) is 0 Å². The van der Waals surface area contributed by atoms with Gasteiger partial charge in [0.1, 0.15) is 5.82 Å². The summed E-state index contributed by atoms with van der Waals surface area (Å²) in [6.07, 6.45) is 10.7. The Balaban J connectivity index is 1.42. The molecule has 194 valence electrons. The number of hydrogen-bond donors (Lipinski definition) is 0. The first-order chi connectivity index (χ1) is 16.8. The molecule has 2 unspecified atom stereocenters. The van der Waals surface area contributed by atoms with Gasteiger partial charge in [-0.05, 0) is 99.0 Å². The quantitative estimate of drug-likeness (QED) is 0.272. The molecule has 2 atom stereocenters. The Bertz CT molecular complexity index is 852. The van der Waals surface area contributed by atoms with Gasteiger partial charge in [-0.25, -0.2) is 4.39 Å². The lowest BCUT2D eigenvalue weighted by molar-refractivity contribution is -0.141. The van der Waals surface area contributed by atoms with Crippen LogP contribution in [0.5, 0.6) is 0 Å². The minimum Gasteiger partial charge on any atom is -0.377 e. The zero-order chi connectivity index (χ0) is 25.0. The highest BCUT2D eigenvalue weighted by molar-refractivity contribution is 5.40. The lowest BCUT2D eigenvalue weighted by Gasteiger charge is -2.38. The Morgan fingerprint density at radius 3 is 2.09 bits per heavy atom. The largest absolute Gasteiger partial charge is 0.419 e. The molecule has 0 spiro atoms. The van der Waals surface area contributed by atoms with Crippen molar-refractivity contribution in [1.29, 1.82) is 0 Å². The average Bonchev–Trinajstić information content (AvgIpc) is 2.87. The molecule has 3 fully saturated rings. The summed E-state index contributed by atoms with van der Waals surface area (Å²) in [5, 5.41) is 0. The summed E-state index contributed by atoms with van der Waals surface area (Å²) >= 11 is 0. The second kappa shape index (κ2) is 11.6. The predicted molar refractivity (Wildman–Crippen MR) is 133 cm³/mol. The molecule has 1 nitrogen and oxygen atoms in total. The normalized spacial score (nSPS) is 32.2. The Morgan fingerprint density at radius 2 is 1.51 bits per heavy atom.